The van der Waals surface area contributed by atoms with Crippen molar-refractivity contribution in [2.24, 2.45) is 5.41 Å². The van der Waals surface area contributed by atoms with Gasteiger partial charge in [0.2, 0.25) is 0 Å². The highest BCUT2D eigenvalue weighted by atomic mass is 19.4. The highest BCUT2D eigenvalue weighted by molar-refractivity contribution is 5.76. The Balaban J connectivity index is 1.99. The van der Waals surface area contributed by atoms with Crippen LogP contribution in [-0.2, 0) is 9.53 Å². The van der Waals surface area contributed by atoms with Crippen LogP contribution in [0.3, 0.4) is 0 Å². The minimum Gasteiger partial charge on any atom is -0.481 e. The van der Waals surface area contributed by atoms with E-state index in [2.05, 4.69) is 0 Å². The van der Waals surface area contributed by atoms with Crippen LogP contribution in [0.15, 0.2) is 0 Å². The van der Waals surface area contributed by atoms with E-state index in [4.69, 9.17) is 9.84 Å². The Morgan fingerprint density at radius 1 is 1.42 bits per heavy atom. The largest absolute Gasteiger partial charge is 0.481 e. The van der Waals surface area contributed by atoms with Gasteiger partial charge < -0.3 is 9.84 Å². The summed E-state index contributed by atoms with van der Waals surface area (Å²) in [6, 6.07) is 0. The molecule has 7 heteroatoms. The third kappa shape index (κ3) is 2.86. The Kier molecular flexibility index (Phi) is 4.06. The van der Waals surface area contributed by atoms with Crippen molar-refractivity contribution in [2.75, 3.05) is 26.2 Å². The maximum atomic E-state index is 13.0. The monoisotopic (exact) mass is 281 g/mol. The smallest absolute Gasteiger partial charge is 0.406 e. The first-order valence-corrected chi connectivity index (χ1v) is 6.49. The van der Waals surface area contributed by atoms with Crippen LogP contribution < -0.4 is 0 Å². The van der Waals surface area contributed by atoms with Gasteiger partial charge in [0.1, 0.15) is 0 Å². The number of rotatable bonds is 3. The molecule has 2 aliphatic heterocycles. The maximum Gasteiger partial charge on any atom is 0.406 e. The number of alkyl halides is 3. The molecule has 4 nitrogen and oxygen atoms in total. The summed E-state index contributed by atoms with van der Waals surface area (Å²) in [4.78, 5) is 12.6. The van der Waals surface area contributed by atoms with E-state index in [1.165, 1.54) is 0 Å². The fraction of sp³-hybridized carbons (Fsp3) is 0.917. The summed E-state index contributed by atoms with van der Waals surface area (Å²) in [6.07, 6.45) is -2.31. The molecule has 0 aromatic rings. The third-order valence-electron chi connectivity index (χ3n) is 4.04. The van der Waals surface area contributed by atoms with Gasteiger partial charge in [-0.25, -0.2) is 0 Å². The Morgan fingerprint density at radius 2 is 2.16 bits per heavy atom. The van der Waals surface area contributed by atoms with Gasteiger partial charge in [-0.3, -0.25) is 9.69 Å². The molecule has 0 bridgehead atoms. The zero-order valence-electron chi connectivity index (χ0n) is 10.6. The lowest BCUT2D eigenvalue weighted by Crippen LogP contribution is -2.48. The molecule has 2 fully saturated rings. The lowest BCUT2D eigenvalue weighted by molar-refractivity contribution is -0.227. The standard InChI is InChI=1S/C12H18F3NO3/c13-12(14,15)11(10(17)18)4-5-16(8-11)7-9-3-1-2-6-19-9/h9H,1-8H2,(H,17,18). The highest BCUT2D eigenvalue weighted by Crippen LogP contribution is 2.45. The normalized spacial score (nSPS) is 33.5. The van der Waals surface area contributed by atoms with E-state index in [-0.39, 0.29) is 19.1 Å². The Labute approximate surface area is 109 Å². The number of likely N-dealkylation sites (tertiary alicyclic amines) is 1. The van der Waals surface area contributed by atoms with Crippen molar-refractivity contribution in [1.82, 2.24) is 4.90 Å². The van der Waals surface area contributed by atoms with Gasteiger partial charge in [-0.05, 0) is 32.2 Å². The molecule has 0 amide bonds. The van der Waals surface area contributed by atoms with Crippen LogP contribution in [0, 0.1) is 5.41 Å². The van der Waals surface area contributed by atoms with Gasteiger partial charge in [0.25, 0.3) is 0 Å². The van der Waals surface area contributed by atoms with E-state index >= 15 is 0 Å². The molecule has 0 aliphatic carbocycles. The highest BCUT2D eigenvalue weighted by Gasteiger charge is 2.63. The van der Waals surface area contributed by atoms with Crippen LogP contribution in [-0.4, -0.2) is 54.5 Å². The van der Waals surface area contributed by atoms with Crippen molar-refractivity contribution in [3.05, 3.63) is 0 Å². The van der Waals surface area contributed by atoms with E-state index in [0.29, 0.717) is 13.2 Å². The zero-order valence-corrected chi connectivity index (χ0v) is 10.6. The molecule has 2 saturated heterocycles. The predicted molar refractivity (Wildman–Crippen MR) is 60.8 cm³/mol. The zero-order chi connectivity index (χ0) is 14.1. The summed E-state index contributed by atoms with van der Waals surface area (Å²) in [6.45, 7) is 0.727. The Hall–Kier alpha value is -0.820. The van der Waals surface area contributed by atoms with Crippen LogP contribution >= 0.6 is 0 Å². The van der Waals surface area contributed by atoms with Crippen LogP contribution in [0.2, 0.25) is 0 Å². The van der Waals surface area contributed by atoms with Crippen molar-refractivity contribution in [3.63, 3.8) is 0 Å². The lowest BCUT2D eigenvalue weighted by atomic mass is 9.86. The number of ether oxygens (including phenoxy) is 1. The minimum absolute atomic E-state index is 0.0634. The minimum atomic E-state index is -4.71. The van der Waals surface area contributed by atoms with Crippen molar-refractivity contribution < 1.29 is 27.8 Å². The number of hydrogen-bond donors (Lipinski definition) is 1. The van der Waals surface area contributed by atoms with Gasteiger partial charge in [-0.15, -0.1) is 0 Å². The first kappa shape index (κ1) is 14.6. The summed E-state index contributed by atoms with van der Waals surface area (Å²) in [7, 11) is 0. The molecule has 0 aromatic carbocycles. The van der Waals surface area contributed by atoms with Gasteiger partial charge in [-0.1, -0.05) is 0 Å². The third-order valence-corrected chi connectivity index (χ3v) is 4.04. The number of aliphatic carboxylic acids is 1. The number of halogens is 3. The van der Waals surface area contributed by atoms with Crippen LogP contribution in [0.1, 0.15) is 25.7 Å². The van der Waals surface area contributed by atoms with E-state index in [9.17, 15) is 18.0 Å². The summed E-state index contributed by atoms with van der Waals surface area (Å²) in [5.41, 5.74) is -2.61. The number of carboxylic acids is 1. The Bertz CT molecular complexity index is 342. The molecule has 0 saturated carbocycles. The molecule has 110 valence electrons. The van der Waals surface area contributed by atoms with Crippen LogP contribution in [0.25, 0.3) is 0 Å². The van der Waals surface area contributed by atoms with E-state index in [1.54, 1.807) is 4.90 Å². The van der Waals surface area contributed by atoms with Gasteiger partial charge in [0.15, 0.2) is 5.41 Å². The van der Waals surface area contributed by atoms with Crippen molar-refractivity contribution >= 4 is 5.97 Å². The summed E-state index contributed by atoms with van der Waals surface area (Å²) in [5.74, 6) is -1.77. The summed E-state index contributed by atoms with van der Waals surface area (Å²) < 4.78 is 44.4. The molecule has 2 aliphatic rings. The second-order valence-corrected chi connectivity index (χ2v) is 5.36. The quantitative estimate of drug-likeness (QED) is 0.858. The molecule has 0 aromatic heterocycles. The lowest BCUT2D eigenvalue weighted by Gasteiger charge is -2.30. The molecule has 19 heavy (non-hydrogen) atoms. The van der Waals surface area contributed by atoms with Crippen LogP contribution in [0.4, 0.5) is 13.2 Å². The van der Waals surface area contributed by atoms with E-state index < -0.39 is 24.1 Å². The second kappa shape index (κ2) is 5.28. The van der Waals surface area contributed by atoms with Gasteiger partial charge in [-0.2, -0.15) is 13.2 Å². The second-order valence-electron chi connectivity index (χ2n) is 5.36. The van der Waals surface area contributed by atoms with Crippen molar-refractivity contribution in [3.8, 4) is 0 Å². The van der Waals surface area contributed by atoms with E-state index in [1.807, 2.05) is 0 Å². The number of carbonyl (C=O) groups is 1. The van der Waals surface area contributed by atoms with Crippen molar-refractivity contribution in [2.45, 2.75) is 38.0 Å². The molecular weight excluding hydrogens is 263 g/mol. The molecule has 1 N–H and O–H groups in total. The fourth-order valence-corrected chi connectivity index (χ4v) is 2.81. The predicted octanol–water partition coefficient (Wildman–Crippen LogP) is 1.89. The van der Waals surface area contributed by atoms with Crippen LogP contribution in [0.5, 0.6) is 0 Å². The molecule has 2 rings (SSSR count). The Morgan fingerprint density at radius 3 is 2.63 bits per heavy atom. The number of hydrogen-bond acceptors (Lipinski definition) is 3. The molecule has 2 heterocycles. The molecular formula is C12H18F3NO3. The topological polar surface area (TPSA) is 49.8 Å². The number of nitrogens with zero attached hydrogens (tertiary/aromatic N) is 1. The average Bonchev–Trinajstić information content (AvgIpc) is 2.75. The molecule has 0 spiro atoms. The van der Waals surface area contributed by atoms with E-state index in [0.717, 1.165) is 19.3 Å². The SMILES string of the molecule is O=C(O)C1(C(F)(F)F)CCN(CC2CCCCO2)C1. The number of carboxylic acid groups (broad SMARTS) is 1. The van der Waals surface area contributed by atoms with Gasteiger partial charge >= 0.3 is 12.1 Å². The van der Waals surface area contributed by atoms with Gasteiger partial charge in [0.05, 0.1) is 6.10 Å². The fourth-order valence-electron chi connectivity index (χ4n) is 2.81. The first-order valence-electron chi connectivity index (χ1n) is 6.49. The first-order chi connectivity index (χ1) is 8.85. The maximum absolute atomic E-state index is 13.0. The molecule has 2 atom stereocenters. The summed E-state index contributed by atoms with van der Waals surface area (Å²) >= 11 is 0. The molecule has 2 unspecified atom stereocenters. The molecule has 0 radical (unpaired) electrons. The van der Waals surface area contributed by atoms with Gasteiger partial charge in [0, 0.05) is 19.7 Å². The van der Waals surface area contributed by atoms with Crippen molar-refractivity contribution in [1.29, 1.82) is 0 Å². The summed E-state index contributed by atoms with van der Waals surface area (Å²) in [5, 5.41) is 8.95. The average molecular weight is 281 g/mol.